The van der Waals surface area contributed by atoms with Gasteiger partial charge in [-0.3, -0.25) is 4.79 Å². The molecular formula is C12H15FO3. The Balaban J connectivity index is 3.04. The lowest BCUT2D eigenvalue weighted by molar-refractivity contribution is -0.136. The van der Waals surface area contributed by atoms with E-state index in [4.69, 9.17) is 9.84 Å². The van der Waals surface area contributed by atoms with Crippen LogP contribution in [0, 0.1) is 0 Å². The topological polar surface area (TPSA) is 46.5 Å². The normalized spacial score (nSPS) is 12.2. The lowest BCUT2D eigenvalue weighted by atomic mass is 9.99. The van der Waals surface area contributed by atoms with Gasteiger partial charge in [0.2, 0.25) is 0 Å². The van der Waals surface area contributed by atoms with Crippen LogP contribution in [-0.2, 0) is 11.2 Å². The van der Waals surface area contributed by atoms with Crippen LogP contribution in [0.1, 0.15) is 30.6 Å². The van der Waals surface area contributed by atoms with Crippen molar-refractivity contribution in [3.05, 3.63) is 29.3 Å². The van der Waals surface area contributed by atoms with Gasteiger partial charge in [0.1, 0.15) is 11.9 Å². The van der Waals surface area contributed by atoms with Gasteiger partial charge in [0.15, 0.2) is 0 Å². The number of carboxylic acid groups (broad SMARTS) is 1. The van der Waals surface area contributed by atoms with Crippen molar-refractivity contribution in [3.63, 3.8) is 0 Å². The zero-order valence-corrected chi connectivity index (χ0v) is 9.37. The van der Waals surface area contributed by atoms with E-state index >= 15 is 0 Å². The second-order valence-corrected chi connectivity index (χ2v) is 3.54. The van der Waals surface area contributed by atoms with Crippen molar-refractivity contribution in [2.45, 2.75) is 25.9 Å². The molecule has 3 nitrogen and oxygen atoms in total. The fourth-order valence-electron chi connectivity index (χ4n) is 1.65. The molecule has 1 unspecified atom stereocenters. The summed E-state index contributed by atoms with van der Waals surface area (Å²) in [5.74, 6) is -0.355. The van der Waals surface area contributed by atoms with Crippen molar-refractivity contribution in [1.29, 1.82) is 0 Å². The number of carboxylic acids is 1. The average Bonchev–Trinajstić information content (AvgIpc) is 2.25. The van der Waals surface area contributed by atoms with Crippen molar-refractivity contribution in [2.75, 3.05) is 7.11 Å². The molecule has 0 amide bonds. The second kappa shape index (κ2) is 5.49. The molecule has 0 heterocycles. The molecule has 0 spiro atoms. The Kier molecular flexibility index (Phi) is 4.28. The number of halogens is 1. The molecule has 1 atom stereocenters. The van der Waals surface area contributed by atoms with Gasteiger partial charge < -0.3 is 9.84 Å². The first-order valence-electron chi connectivity index (χ1n) is 5.08. The van der Waals surface area contributed by atoms with Crippen LogP contribution >= 0.6 is 0 Å². The van der Waals surface area contributed by atoms with Crippen LogP contribution in [0.4, 0.5) is 4.39 Å². The highest BCUT2D eigenvalue weighted by Crippen LogP contribution is 2.29. The molecule has 0 radical (unpaired) electrons. The maximum Gasteiger partial charge on any atom is 0.303 e. The van der Waals surface area contributed by atoms with Crippen LogP contribution in [0.15, 0.2) is 18.2 Å². The van der Waals surface area contributed by atoms with Gasteiger partial charge >= 0.3 is 5.97 Å². The van der Waals surface area contributed by atoms with E-state index in [9.17, 15) is 9.18 Å². The van der Waals surface area contributed by atoms with Crippen LogP contribution in [-0.4, -0.2) is 18.2 Å². The van der Waals surface area contributed by atoms with E-state index in [0.717, 1.165) is 0 Å². The van der Waals surface area contributed by atoms with Crippen LogP contribution in [0.3, 0.4) is 0 Å². The van der Waals surface area contributed by atoms with Gasteiger partial charge in [-0.1, -0.05) is 12.1 Å². The first-order chi connectivity index (χ1) is 7.56. The Morgan fingerprint density at radius 2 is 2.25 bits per heavy atom. The Morgan fingerprint density at radius 1 is 1.56 bits per heavy atom. The van der Waals surface area contributed by atoms with E-state index in [1.807, 2.05) is 0 Å². The summed E-state index contributed by atoms with van der Waals surface area (Å²) in [4.78, 5) is 10.5. The van der Waals surface area contributed by atoms with Gasteiger partial charge in [-0.2, -0.15) is 0 Å². The molecule has 16 heavy (non-hydrogen) atoms. The number of methoxy groups -OCH3 is 1. The lowest BCUT2D eigenvalue weighted by Crippen LogP contribution is -2.03. The summed E-state index contributed by atoms with van der Waals surface area (Å²) in [6, 6.07) is 5.07. The smallest absolute Gasteiger partial charge is 0.303 e. The van der Waals surface area contributed by atoms with Crippen molar-refractivity contribution >= 4 is 5.97 Å². The molecule has 0 saturated heterocycles. The Bertz CT molecular complexity index is 375. The first-order valence-corrected chi connectivity index (χ1v) is 5.08. The molecule has 0 aliphatic rings. The Morgan fingerprint density at radius 3 is 2.75 bits per heavy atom. The van der Waals surface area contributed by atoms with Gasteiger partial charge in [-0.15, -0.1) is 0 Å². The molecule has 0 fully saturated rings. The quantitative estimate of drug-likeness (QED) is 0.839. The van der Waals surface area contributed by atoms with Crippen molar-refractivity contribution in [3.8, 4) is 5.75 Å². The van der Waals surface area contributed by atoms with Crippen molar-refractivity contribution in [2.24, 2.45) is 0 Å². The molecular weight excluding hydrogens is 211 g/mol. The summed E-state index contributed by atoms with van der Waals surface area (Å²) in [6.45, 7) is 1.43. The summed E-state index contributed by atoms with van der Waals surface area (Å²) in [5.41, 5.74) is 1.14. The highest BCUT2D eigenvalue weighted by molar-refractivity contribution is 5.67. The van der Waals surface area contributed by atoms with Crippen LogP contribution in [0.25, 0.3) is 0 Å². The monoisotopic (exact) mass is 226 g/mol. The zero-order chi connectivity index (χ0) is 12.1. The highest BCUT2D eigenvalue weighted by atomic mass is 19.1. The molecule has 0 aromatic heterocycles. The molecule has 0 aliphatic carbocycles. The molecule has 0 bridgehead atoms. The number of aliphatic carboxylic acids is 1. The molecule has 4 heteroatoms. The SMILES string of the molecule is COc1cccc(C(C)F)c1CCC(=O)O. The summed E-state index contributed by atoms with van der Waals surface area (Å²) >= 11 is 0. The maximum atomic E-state index is 13.3. The van der Waals surface area contributed by atoms with E-state index < -0.39 is 12.1 Å². The number of benzene rings is 1. The van der Waals surface area contributed by atoms with E-state index in [1.54, 1.807) is 18.2 Å². The van der Waals surface area contributed by atoms with Gasteiger partial charge in [-0.05, 0) is 25.0 Å². The molecule has 88 valence electrons. The van der Waals surface area contributed by atoms with E-state index in [0.29, 0.717) is 16.9 Å². The second-order valence-electron chi connectivity index (χ2n) is 3.54. The van der Waals surface area contributed by atoms with Gasteiger partial charge in [-0.25, -0.2) is 4.39 Å². The fraction of sp³-hybridized carbons (Fsp3) is 0.417. The largest absolute Gasteiger partial charge is 0.496 e. The third-order valence-electron chi connectivity index (χ3n) is 2.41. The predicted molar refractivity (Wildman–Crippen MR) is 58.5 cm³/mol. The molecule has 0 aliphatic heterocycles. The Labute approximate surface area is 93.9 Å². The van der Waals surface area contributed by atoms with Gasteiger partial charge in [0.25, 0.3) is 0 Å². The summed E-state index contributed by atoms with van der Waals surface area (Å²) < 4.78 is 18.4. The fourth-order valence-corrected chi connectivity index (χ4v) is 1.65. The summed E-state index contributed by atoms with van der Waals surface area (Å²) in [6.07, 6.45) is -0.873. The first kappa shape index (κ1) is 12.5. The predicted octanol–water partition coefficient (Wildman–Crippen LogP) is 2.74. The summed E-state index contributed by atoms with van der Waals surface area (Å²) in [5, 5.41) is 8.63. The number of hydrogen-bond donors (Lipinski definition) is 1. The van der Waals surface area contributed by atoms with Crippen LogP contribution < -0.4 is 4.74 Å². The van der Waals surface area contributed by atoms with Crippen molar-refractivity contribution < 1.29 is 19.0 Å². The molecule has 1 aromatic rings. The zero-order valence-electron chi connectivity index (χ0n) is 9.37. The standard InChI is InChI=1S/C12H15FO3/c1-8(13)9-4-3-5-11(16-2)10(9)6-7-12(14)15/h3-5,8H,6-7H2,1-2H3,(H,14,15). The maximum absolute atomic E-state index is 13.3. The number of ether oxygens (including phenoxy) is 1. The Hall–Kier alpha value is -1.58. The van der Waals surface area contributed by atoms with Crippen LogP contribution in [0.5, 0.6) is 5.75 Å². The van der Waals surface area contributed by atoms with Gasteiger partial charge in [0.05, 0.1) is 7.11 Å². The van der Waals surface area contributed by atoms with E-state index in [1.165, 1.54) is 14.0 Å². The molecule has 1 aromatic carbocycles. The molecule has 1 N–H and O–H groups in total. The minimum absolute atomic E-state index is 0.0277. The molecule has 0 saturated carbocycles. The van der Waals surface area contributed by atoms with E-state index in [2.05, 4.69) is 0 Å². The van der Waals surface area contributed by atoms with Crippen molar-refractivity contribution in [1.82, 2.24) is 0 Å². The highest BCUT2D eigenvalue weighted by Gasteiger charge is 2.14. The third kappa shape index (κ3) is 2.95. The van der Waals surface area contributed by atoms with E-state index in [-0.39, 0.29) is 12.8 Å². The minimum Gasteiger partial charge on any atom is -0.496 e. The van der Waals surface area contributed by atoms with Gasteiger partial charge in [0, 0.05) is 12.0 Å². The lowest BCUT2D eigenvalue weighted by Gasteiger charge is -2.13. The number of rotatable bonds is 5. The summed E-state index contributed by atoms with van der Waals surface area (Å²) in [7, 11) is 1.49. The number of carbonyl (C=O) groups is 1. The third-order valence-corrected chi connectivity index (χ3v) is 2.41. The number of hydrogen-bond acceptors (Lipinski definition) is 2. The number of alkyl halides is 1. The average molecular weight is 226 g/mol. The van der Waals surface area contributed by atoms with Crippen LogP contribution in [0.2, 0.25) is 0 Å². The minimum atomic E-state index is -1.13. The molecule has 1 rings (SSSR count).